The van der Waals surface area contributed by atoms with E-state index in [1.165, 1.54) is 18.4 Å². The van der Waals surface area contributed by atoms with Crippen molar-refractivity contribution in [1.29, 1.82) is 0 Å². The first-order valence-electron chi connectivity index (χ1n) is 2.55. The Morgan fingerprint density at radius 1 is 1.11 bits per heavy atom. The molecule has 9 heavy (non-hydrogen) atoms. The van der Waals surface area contributed by atoms with Crippen LogP contribution < -0.4 is 0 Å². The Balaban J connectivity index is 2.82. The number of nitrogens with zero attached hydrogens (tertiary/aromatic N) is 1. The minimum atomic E-state index is -2.01. The normalized spacial score (nSPS) is 22.0. The van der Waals surface area contributed by atoms with Gasteiger partial charge in [-0.1, -0.05) is 12.2 Å². The van der Waals surface area contributed by atoms with Gasteiger partial charge >= 0.3 is 0 Å². The van der Waals surface area contributed by atoms with Gasteiger partial charge in [-0.2, -0.15) is 0 Å². The lowest BCUT2D eigenvalue weighted by Crippen LogP contribution is -2.20. The maximum Gasteiger partial charge on any atom is 0.285 e. The topological polar surface area (TPSA) is 52.8 Å². The summed E-state index contributed by atoms with van der Waals surface area (Å²) in [5.74, 6) is -2.01. The molecule has 0 aliphatic carbocycles. The van der Waals surface area contributed by atoms with E-state index in [1.807, 2.05) is 0 Å². The van der Waals surface area contributed by atoms with Gasteiger partial charge in [0.05, 0.1) is 0 Å². The standard InChI is InChI=1S/C6H7NO2/c8-6(9)4-2-1-3-5-7-6/h1-5,8-9H. The lowest BCUT2D eigenvalue weighted by molar-refractivity contribution is -0.108. The van der Waals surface area contributed by atoms with Crippen molar-refractivity contribution in [3.8, 4) is 0 Å². The van der Waals surface area contributed by atoms with Crippen LogP contribution in [0.3, 0.4) is 0 Å². The van der Waals surface area contributed by atoms with Crippen LogP contribution in [-0.2, 0) is 0 Å². The van der Waals surface area contributed by atoms with Gasteiger partial charge in [-0.25, -0.2) is 4.99 Å². The number of hydrogen-bond acceptors (Lipinski definition) is 3. The van der Waals surface area contributed by atoms with Crippen LogP contribution in [0.1, 0.15) is 0 Å². The summed E-state index contributed by atoms with van der Waals surface area (Å²) >= 11 is 0. The Bertz CT molecular complexity index is 161. The fourth-order valence-electron chi connectivity index (χ4n) is 0.494. The molecule has 3 heteroatoms. The monoisotopic (exact) mass is 125 g/mol. The number of aliphatic imine (C=N–C) groups is 1. The Morgan fingerprint density at radius 2 is 1.89 bits per heavy atom. The third-order valence-electron chi connectivity index (χ3n) is 0.893. The predicted molar refractivity (Wildman–Crippen MR) is 33.9 cm³/mol. The second-order valence-electron chi connectivity index (χ2n) is 1.71. The average molecular weight is 125 g/mol. The molecule has 0 fully saturated rings. The van der Waals surface area contributed by atoms with Gasteiger partial charge in [0.15, 0.2) is 0 Å². The molecule has 0 radical (unpaired) electrons. The van der Waals surface area contributed by atoms with E-state index in [0.717, 1.165) is 0 Å². The second kappa shape index (κ2) is 2.13. The third-order valence-corrected chi connectivity index (χ3v) is 0.893. The molecule has 0 aromatic rings. The van der Waals surface area contributed by atoms with Crippen molar-refractivity contribution in [3.05, 3.63) is 24.3 Å². The zero-order valence-electron chi connectivity index (χ0n) is 4.73. The first-order chi connectivity index (χ1) is 4.21. The van der Waals surface area contributed by atoms with Gasteiger partial charge in [0.1, 0.15) is 0 Å². The zero-order valence-corrected chi connectivity index (χ0v) is 4.73. The van der Waals surface area contributed by atoms with E-state index in [4.69, 9.17) is 10.2 Å². The number of hydrogen-bond donors (Lipinski definition) is 2. The smallest absolute Gasteiger partial charge is 0.285 e. The van der Waals surface area contributed by atoms with Crippen molar-refractivity contribution in [2.45, 2.75) is 5.91 Å². The van der Waals surface area contributed by atoms with Crippen molar-refractivity contribution in [1.82, 2.24) is 0 Å². The van der Waals surface area contributed by atoms with Crippen LogP contribution in [0.4, 0.5) is 0 Å². The van der Waals surface area contributed by atoms with E-state index in [-0.39, 0.29) is 0 Å². The van der Waals surface area contributed by atoms with E-state index in [0.29, 0.717) is 0 Å². The van der Waals surface area contributed by atoms with Gasteiger partial charge in [0, 0.05) is 6.21 Å². The molecule has 0 saturated carbocycles. The van der Waals surface area contributed by atoms with Crippen molar-refractivity contribution in [2.24, 2.45) is 4.99 Å². The summed E-state index contributed by atoms with van der Waals surface area (Å²) < 4.78 is 0. The molecule has 1 heterocycles. The summed E-state index contributed by atoms with van der Waals surface area (Å²) in [6, 6.07) is 0. The van der Waals surface area contributed by atoms with E-state index < -0.39 is 5.91 Å². The lowest BCUT2D eigenvalue weighted by atomic mass is 10.4. The van der Waals surface area contributed by atoms with Crippen LogP contribution >= 0.6 is 0 Å². The van der Waals surface area contributed by atoms with E-state index >= 15 is 0 Å². The van der Waals surface area contributed by atoms with Gasteiger partial charge in [0.25, 0.3) is 5.91 Å². The molecule has 1 rings (SSSR count). The molecule has 3 nitrogen and oxygen atoms in total. The highest BCUT2D eigenvalue weighted by Crippen LogP contribution is 2.04. The summed E-state index contributed by atoms with van der Waals surface area (Å²) in [4.78, 5) is 3.37. The first kappa shape index (κ1) is 6.19. The van der Waals surface area contributed by atoms with Crippen molar-refractivity contribution in [3.63, 3.8) is 0 Å². The quantitative estimate of drug-likeness (QED) is 0.441. The van der Waals surface area contributed by atoms with Crippen LogP contribution in [0.15, 0.2) is 29.3 Å². The minimum Gasteiger partial charge on any atom is -0.344 e. The van der Waals surface area contributed by atoms with Crippen LogP contribution in [0.25, 0.3) is 0 Å². The average Bonchev–Trinajstić information content (AvgIpc) is 1.92. The second-order valence-corrected chi connectivity index (χ2v) is 1.71. The molecule has 0 aromatic heterocycles. The molecular formula is C6H7NO2. The van der Waals surface area contributed by atoms with Crippen molar-refractivity contribution in [2.75, 3.05) is 0 Å². The molecule has 0 saturated heterocycles. The Kier molecular flexibility index (Phi) is 1.46. The van der Waals surface area contributed by atoms with Crippen molar-refractivity contribution >= 4 is 6.21 Å². The molecular weight excluding hydrogens is 118 g/mol. The van der Waals surface area contributed by atoms with Crippen LogP contribution in [-0.4, -0.2) is 22.3 Å². The molecule has 2 N–H and O–H groups in total. The number of aliphatic hydroxyl groups is 2. The lowest BCUT2D eigenvalue weighted by Gasteiger charge is -2.07. The van der Waals surface area contributed by atoms with Crippen molar-refractivity contribution < 1.29 is 10.2 Å². The summed E-state index contributed by atoms with van der Waals surface area (Å²) in [5.41, 5.74) is 0. The summed E-state index contributed by atoms with van der Waals surface area (Å²) in [6.45, 7) is 0. The van der Waals surface area contributed by atoms with Crippen LogP contribution in [0.2, 0.25) is 0 Å². The molecule has 0 bridgehead atoms. The van der Waals surface area contributed by atoms with Gasteiger partial charge in [0.2, 0.25) is 0 Å². The molecule has 48 valence electrons. The molecule has 0 unspecified atom stereocenters. The molecule has 1 aliphatic rings. The van der Waals surface area contributed by atoms with Gasteiger partial charge in [-0.3, -0.25) is 0 Å². The highest BCUT2D eigenvalue weighted by molar-refractivity contribution is 5.72. The number of allylic oxidation sites excluding steroid dienone is 3. The molecule has 1 aliphatic heterocycles. The maximum atomic E-state index is 8.79. The Hall–Kier alpha value is -0.930. The Morgan fingerprint density at radius 3 is 2.67 bits per heavy atom. The molecule has 0 amide bonds. The first-order valence-corrected chi connectivity index (χ1v) is 2.55. The molecule has 0 atom stereocenters. The van der Waals surface area contributed by atoms with Crippen LogP contribution in [0, 0.1) is 0 Å². The van der Waals surface area contributed by atoms with E-state index in [2.05, 4.69) is 4.99 Å². The Labute approximate surface area is 52.7 Å². The largest absolute Gasteiger partial charge is 0.344 e. The van der Waals surface area contributed by atoms with Gasteiger partial charge in [-0.15, -0.1) is 0 Å². The summed E-state index contributed by atoms with van der Waals surface area (Å²) in [7, 11) is 0. The van der Waals surface area contributed by atoms with E-state index in [9.17, 15) is 0 Å². The maximum absolute atomic E-state index is 8.79. The minimum absolute atomic E-state index is 1.19. The van der Waals surface area contributed by atoms with Gasteiger partial charge < -0.3 is 10.2 Å². The fraction of sp³-hybridized carbons (Fsp3) is 0.167. The fourth-order valence-corrected chi connectivity index (χ4v) is 0.494. The predicted octanol–water partition coefficient (Wildman–Crippen LogP) is -0.178. The SMILES string of the molecule is OC1(O)C=CC=CC=N1. The summed E-state index contributed by atoms with van der Waals surface area (Å²) in [5, 5.41) is 17.6. The highest BCUT2D eigenvalue weighted by atomic mass is 16.5. The molecule has 0 aromatic carbocycles. The summed E-state index contributed by atoms with van der Waals surface area (Å²) in [6.07, 6.45) is 7.32. The third kappa shape index (κ3) is 1.79. The number of rotatable bonds is 0. The molecule has 0 spiro atoms. The van der Waals surface area contributed by atoms with E-state index in [1.54, 1.807) is 12.2 Å². The highest BCUT2D eigenvalue weighted by Gasteiger charge is 2.14. The van der Waals surface area contributed by atoms with Gasteiger partial charge in [-0.05, 0) is 12.2 Å². The zero-order chi connectivity index (χ0) is 6.74. The van der Waals surface area contributed by atoms with Crippen LogP contribution in [0.5, 0.6) is 0 Å².